The molecule has 2 unspecified atom stereocenters. The fourth-order valence-electron chi connectivity index (χ4n) is 2.14. The maximum Gasteiger partial charge on any atom is 0.407 e. The first-order valence-electron chi connectivity index (χ1n) is 7.73. The summed E-state index contributed by atoms with van der Waals surface area (Å²) in [5.41, 5.74) is 0.369. The molecule has 124 valence electrons. The number of alkyl carbamates (subject to hydrolysis) is 1. The Morgan fingerprint density at radius 2 is 1.95 bits per heavy atom. The van der Waals surface area contributed by atoms with Crippen molar-refractivity contribution in [2.75, 3.05) is 6.54 Å². The molecule has 0 saturated heterocycles. The zero-order chi connectivity index (χ0) is 16.8. The molecule has 0 fully saturated rings. The van der Waals surface area contributed by atoms with E-state index in [1.807, 2.05) is 39.8 Å². The highest BCUT2D eigenvalue weighted by atomic mass is 16.6. The molecular formula is C17H28N2O3. The van der Waals surface area contributed by atoms with Crippen LogP contribution in [-0.4, -0.2) is 29.4 Å². The molecule has 22 heavy (non-hydrogen) atoms. The Bertz CT molecular complexity index is 483. The van der Waals surface area contributed by atoms with Crippen molar-refractivity contribution < 1.29 is 14.6 Å². The summed E-state index contributed by atoms with van der Waals surface area (Å²) >= 11 is 0. The third-order valence-corrected chi connectivity index (χ3v) is 3.15. The van der Waals surface area contributed by atoms with Gasteiger partial charge in [-0.05, 0) is 40.2 Å². The number of para-hydroxylation sites is 1. The van der Waals surface area contributed by atoms with Gasteiger partial charge in [-0.3, -0.25) is 0 Å². The highest BCUT2D eigenvalue weighted by Crippen LogP contribution is 2.25. The molecule has 3 N–H and O–H groups in total. The highest BCUT2D eigenvalue weighted by Gasteiger charge is 2.18. The van der Waals surface area contributed by atoms with Crippen molar-refractivity contribution in [2.24, 2.45) is 0 Å². The normalized spacial score (nSPS) is 14.2. The molecule has 5 heteroatoms. The SMILES string of the molecule is CCC(NCC(C)NC(=O)OC(C)(C)C)c1ccccc1O. The zero-order valence-electron chi connectivity index (χ0n) is 14.1. The van der Waals surface area contributed by atoms with E-state index in [2.05, 4.69) is 17.6 Å². The first kappa shape index (κ1) is 18.3. The predicted molar refractivity (Wildman–Crippen MR) is 88.0 cm³/mol. The van der Waals surface area contributed by atoms with Crippen LogP contribution in [0.25, 0.3) is 0 Å². The van der Waals surface area contributed by atoms with E-state index in [1.165, 1.54) is 0 Å². The number of amides is 1. The second kappa shape index (κ2) is 8.03. The fourth-order valence-corrected chi connectivity index (χ4v) is 2.14. The van der Waals surface area contributed by atoms with Crippen molar-refractivity contribution in [2.45, 2.75) is 58.7 Å². The fraction of sp³-hybridized carbons (Fsp3) is 0.588. The second-order valence-corrected chi connectivity index (χ2v) is 6.48. The molecule has 1 rings (SSSR count). The van der Waals surface area contributed by atoms with Crippen molar-refractivity contribution >= 4 is 6.09 Å². The van der Waals surface area contributed by atoms with Crippen molar-refractivity contribution in [1.82, 2.24) is 10.6 Å². The molecular weight excluding hydrogens is 280 g/mol. The number of aromatic hydroxyl groups is 1. The van der Waals surface area contributed by atoms with Gasteiger partial charge in [-0.2, -0.15) is 0 Å². The van der Waals surface area contributed by atoms with Crippen LogP contribution in [0.15, 0.2) is 24.3 Å². The maximum absolute atomic E-state index is 11.7. The van der Waals surface area contributed by atoms with Gasteiger partial charge in [0.25, 0.3) is 0 Å². The predicted octanol–water partition coefficient (Wildman–Crippen LogP) is 3.35. The molecule has 5 nitrogen and oxygen atoms in total. The maximum atomic E-state index is 11.7. The molecule has 0 aliphatic rings. The van der Waals surface area contributed by atoms with Crippen LogP contribution in [0.3, 0.4) is 0 Å². The third-order valence-electron chi connectivity index (χ3n) is 3.15. The van der Waals surface area contributed by atoms with Gasteiger partial charge in [-0.15, -0.1) is 0 Å². The van der Waals surface area contributed by atoms with Gasteiger partial charge < -0.3 is 20.5 Å². The van der Waals surface area contributed by atoms with E-state index in [0.29, 0.717) is 6.54 Å². The number of rotatable bonds is 6. The molecule has 1 aromatic rings. The largest absolute Gasteiger partial charge is 0.508 e. The average Bonchev–Trinajstić information content (AvgIpc) is 2.38. The van der Waals surface area contributed by atoms with Crippen LogP contribution in [0.1, 0.15) is 52.6 Å². The quantitative estimate of drug-likeness (QED) is 0.754. The van der Waals surface area contributed by atoms with Gasteiger partial charge in [0.15, 0.2) is 0 Å². The summed E-state index contributed by atoms with van der Waals surface area (Å²) in [7, 11) is 0. The lowest BCUT2D eigenvalue weighted by Crippen LogP contribution is -2.43. The van der Waals surface area contributed by atoms with Crippen LogP contribution in [-0.2, 0) is 4.74 Å². The lowest BCUT2D eigenvalue weighted by atomic mass is 10.0. The molecule has 0 aliphatic heterocycles. The number of carbonyl (C=O) groups excluding carboxylic acids is 1. The standard InChI is InChI=1S/C17H28N2O3/c1-6-14(13-9-7-8-10-15(13)20)18-11-12(2)19-16(21)22-17(3,4)5/h7-10,12,14,18,20H,6,11H2,1-5H3,(H,19,21). The topological polar surface area (TPSA) is 70.6 Å². The molecule has 0 heterocycles. The van der Waals surface area contributed by atoms with Gasteiger partial charge in [0.2, 0.25) is 0 Å². The summed E-state index contributed by atoms with van der Waals surface area (Å²) < 4.78 is 5.23. The van der Waals surface area contributed by atoms with Gasteiger partial charge in [0.05, 0.1) is 0 Å². The van der Waals surface area contributed by atoms with Crippen molar-refractivity contribution in [3.05, 3.63) is 29.8 Å². The van der Waals surface area contributed by atoms with Crippen molar-refractivity contribution in [1.29, 1.82) is 0 Å². The number of phenols is 1. The Hall–Kier alpha value is -1.75. The van der Waals surface area contributed by atoms with Crippen LogP contribution < -0.4 is 10.6 Å². The molecule has 0 aliphatic carbocycles. The Labute approximate surface area is 133 Å². The third kappa shape index (κ3) is 6.35. The minimum absolute atomic E-state index is 0.0455. The average molecular weight is 308 g/mol. The first-order chi connectivity index (χ1) is 10.2. The zero-order valence-corrected chi connectivity index (χ0v) is 14.1. The Morgan fingerprint density at radius 1 is 1.32 bits per heavy atom. The van der Waals surface area contributed by atoms with Gasteiger partial charge in [-0.1, -0.05) is 25.1 Å². The number of nitrogens with one attached hydrogen (secondary N) is 2. The number of ether oxygens (including phenoxy) is 1. The van der Waals surface area contributed by atoms with Crippen molar-refractivity contribution in [3.63, 3.8) is 0 Å². The highest BCUT2D eigenvalue weighted by molar-refractivity contribution is 5.68. The molecule has 1 amide bonds. The van der Waals surface area contributed by atoms with E-state index >= 15 is 0 Å². The lowest BCUT2D eigenvalue weighted by molar-refractivity contribution is 0.0507. The molecule has 0 aromatic heterocycles. The number of carbonyl (C=O) groups is 1. The first-order valence-corrected chi connectivity index (χ1v) is 7.73. The van der Waals surface area contributed by atoms with Crippen LogP contribution in [0.5, 0.6) is 5.75 Å². The van der Waals surface area contributed by atoms with E-state index in [0.717, 1.165) is 12.0 Å². The summed E-state index contributed by atoms with van der Waals surface area (Å²) in [5.74, 6) is 0.287. The summed E-state index contributed by atoms with van der Waals surface area (Å²) in [6.45, 7) is 10.1. The van der Waals surface area contributed by atoms with Crippen LogP contribution in [0, 0.1) is 0 Å². The van der Waals surface area contributed by atoms with Crippen molar-refractivity contribution in [3.8, 4) is 5.75 Å². The molecule has 0 radical (unpaired) electrons. The molecule has 2 atom stereocenters. The van der Waals surface area contributed by atoms with E-state index < -0.39 is 11.7 Å². The summed E-state index contributed by atoms with van der Waals surface area (Å²) in [5, 5.41) is 16.1. The van der Waals surface area contributed by atoms with Crippen LogP contribution in [0.4, 0.5) is 4.79 Å². The Kier molecular flexibility index (Phi) is 6.68. The van der Waals surface area contributed by atoms with Gasteiger partial charge in [0.1, 0.15) is 11.4 Å². The Morgan fingerprint density at radius 3 is 2.50 bits per heavy atom. The monoisotopic (exact) mass is 308 g/mol. The number of hydrogen-bond acceptors (Lipinski definition) is 4. The number of hydrogen-bond donors (Lipinski definition) is 3. The minimum atomic E-state index is -0.501. The van der Waals surface area contributed by atoms with E-state index in [-0.39, 0.29) is 17.8 Å². The number of phenolic OH excluding ortho intramolecular Hbond substituents is 1. The molecule has 0 saturated carbocycles. The number of benzene rings is 1. The van der Waals surface area contributed by atoms with Gasteiger partial charge >= 0.3 is 6.09 Å². The molecule has 0 spiro atoms. The second-order valence-electron chi connectivity index (χ2n) is 6.48. The summed E-state index contributed by atoms with van der Waals surface area (Å²) in [6.07, 6.45) is 0.425. The smallest absolute Gasteiger partial charge is 0.407 e. The van der Waals surface area contributed by atoms with Gasteiger partial charge in [0, 0.05) is 24.2 Å². The van der Waals surface area contributed by atoms with E-state index in [1.54, 1.807) is 12.1 Å². The summed E-state index contributed by atoms with van der Waals surface area (Å²) in [6, 6.07) is 7.27. The lowest BCUT2D eigenvalue weighted by Gasteiger charge is -2.24. The Balaban J connectivity index is 2.50. The van der Waals surface area contributed by atoms with Crippen LogP contribution in [0.2, 0.25) is 0 Å². The van der Waals surface area contributed by atoms with Crippen LogP contribution >= 0.6 is 0 Å². The van der Waals surface area contributed by atoms with Gasteiger partial charge in [-0.25, -0.2) is 4.79 Å². The van der Waals surface area contributed by atoms with E-state index in [4.69, 9.17) is 4.74 Å². The molecule has 0 bridgehead atoms. The van der Waals surface area contributed by atoms with E-state index in [9.17, 15) is 9.90 Å². The minimum Gasteiger partial charge on any atom is -0.508 e. The summed E-state index contributed by atoms with van der Waals surface area (Å²) in [4.78, 5) is 11.7. The molecule has 1 aromatic carbocycles.